The first-order chi connectivity index (χ1) is 9.99. The average Bonchev–Trinajstić information content (AvgIpc) is 2.38. The van der Waals surface area contributed by atoms with Crippen molar-refractivity contribution in [2.24, 2.45) is 5.92 Å². The zero-order valence-corrected chi connectivity index (χ0v) is 13.2. The summed E-state index contributed by atoms with van der Waals surface area (Å²) in [5.74, 6) is 1.23. The van der Waals surface area contributed by atoms with Gasteiger partial charge in [0.1, 0.15) is 5.82 Å². The molecule has 0 aliphatic rings. The van der Waals surface area contributed by atoms with Crippen molar-refractivity contribution >= 4 is 11.5 Å². The van der Waals surface area contributed by atoms with Crippen LogP contribution in [-0.2, 0) is 6.42 Å². The van der Waals surface area contributed by atoms with Gasteiger partial charge < -0.3 is 10.1 Å². The Kier molecular flexibility index (Phi) is 6.84. The molecule has 7 heteroatoms. The van der Waals surface area contributed by atoms with Crippen molar-refractivity contribution in [1.29, 1.82) is 0 Å². The van der Waals surface area contributed by atoms with Crippen LogP contribution in [0.5, 0.6) is 5.88 Å². The van der Waals surface area contributed by atoms with Gasteiger partial charge in [0, 0.05) is 13.0 Å². The van der Waals surface area contributed by atoms with Gasteiger partial charge in [-0.3, -0.25) is 10.1 Å². The smallest absolute Gasteiger partial charge is 0.372 e. The van der Waals surface area contributed by atoms with Gasteiger partial charge in [0.25, 0.3) is 5.88 Å². The molecule has 0 spiro atoms. The number of nitrogens with zero attached hydrogens (tertiary/aromatic N) is 3. The van der Waals surface area contributed by atoms with E-state index in [0.717, 1.165) is 12.8 Å². The van der Waals surface area contributed by atoms with E-state index in [4.69, 9.17) is 4.74 Å². The third-order valence-corrected chi connectivity index (χ3v) is 2.78. The van der Waals surface area contributed by atoms with Gasteiger partial charge >= 0.3 is 5.69 Å². The standard InChI is InChI=1S/C14H24N4O3/c1-5-7-8-15-13-12(18(19)20)14(21-6-2)17-11(16-13)9-10(3)4/h10H,5-9H2,1-4H3,(H,15,16,17). The maximum atomic E-state index is 11.3. The monoisotopic (exact) mass is 296 g/mol. The van der Waals surface area contributed by atoms with Crippen LogP contribution in [0, 0.1) is 16.0 Å². The lowest BCUT2D eigenvalue weighted by Gasteiger charge is -2.12. The second kappa shape index (κ2) is 8.39. The van der Waals surface area contributed by atoms with E-state index in [2.05, 4.69) is 36.1 Å². The second-order valence-corrected chi connectivity index (χ2v) is 5.21. The maximum Gasteiger partial charge on any atom is 0.372 e. The van der Waals surface area contributed by atoms with Crippen LogP contribution in [0.3, 0.4) is 0 Å². The highest BCUT2D eigenvalue weighted by atomic mass is 16.6. The van der Waals surface area contributed by atoms with Crippen molar-refractivity contribution in [3.63, 3.8) is 0 Å². The Balaban J connectivity index is 3.19. The van der Waals surface area contributed by atoms with E-state index in [1.165, 1.54) is 0 Å². The van der Waals surface area contributed by atoms with Gasteiger partial charge in [-0.1, -0.05) is 27.2 Å². The van der Waals surface area contributed by atoms with Gasteiger partial charge in [-0.25, -0.2) is 4.98 Å². The van der Waals surface area contributed by atoms with Crippen LogP contribution < -0.4 is 10.1 Å². The molecule has 0 atom stereocenters. The molecule has 0 aliphatic heterocycles. The van der Waals surface area contributed by atoms with Gasteiger partial charge in [-0.05, 0) is 19.3 Å². The third-order valence-electron chi connectivity index (χ3n) is 2.78. The van der Waals surface area contributed by atoms with E-state index in [-0.39, 0.29) is 17.4 Å². The predicted octanol–water partition coefficient (Wildman–Crippen LogP) is 3.19. The lowest BCUT2D eigenvalue weighted by atomic mass is 10.1. The molecular weight excluding hydrogens is 272 g/mol. The van der Waals surface area contributed by atoms with Crippen molar-refractivity contribution in [2.75, 3.05) is 18.5 Å². The van der Waals surface area contributed by atoms with E-state index < -0.39 is 4.92 Å². The Bertz CT molecular complexity index is 478. The van der Waals surface area contributed by atoms with Crippen molar-refractivity contribution < 1.29 is 9.66 Å². The molecule has 0 amide bonds. The molecule has 0 unspecified atom stereocenters. The summed E-state index contributed by atoms with van der Waals surface area (Å²) in [4.78, 5) is 19.3. The molecule has 7 nitrogen and oxygen atoms in total. The first-order valence-corrected chi connectivity index (χ1v) is 7.41. The fraction of sp³-hybridized carbons (Fsp3) is 0.714. The van der Waals surface area contributed by atoms with E-state index >= 15 is 0 Å². The van der Waals surface area contributed by atoms with Gasteiger partial charge in [-0.15, -0.1) is 0 Å². The zero-order chi connectivity index (χ0) is 15.8. The number of aromatic nitrogens is 2. The van der Waals surface area contributed by atoms with Gasteiger partial charge in [0.05, 0.1) is 11.5 Å². The van der Waals surface area contributed by atoms with Gasteiger partial charge in [0.15, 0.2) is 0 Å². The number of nitrogens with one attached hydrogen (secondary N) is 1. The van der Waals surface area contributed by atoms with Crippen LogP contribution in [0.1, 0.15) is 46.4 Å². The Morgan fingerprint density at radius 1 is 1.33 bits per heavy atom. The van der Waals surface area contributed by atoms with Gasteiger partial charge in [-0.2, -0.15) is 4.98 Å². The highest BCUT2D eigenvalue weighted by molar-refractivity contribution is 5.61. The van der Waals surface area contributed by atoms with Crippen LogP contribution in [0.25, 0.3) is 0 Å². The Hall–Kier alpha value is -1.92. The lowest BCUT2D eigenvalue weighted by molar-refractivity contribution is -0.385. The number of unbranched alkanes of at least 4 members (excludes halogenated alkanes) is 1. The summed E-state index contributed by atoms with van der Waals surface area (Å²) in [6.45, 7) is 8.91. The van der Waals surface area contributed by atoms with Crippen LogP contribution in [-0.4, -0.2) is 28.0 Å². The maximum absolute atomic E-state index is 11.3. The molecular formula is C14H24N4O3. The Morgan fingerprint density at radius 3 is 2.57 bits per heavy atom. The van der Waals surface area contributed by atoms with E-state index in [1.807, 2.05) is 0 Å². The summed E-state index contributed by atoms with van der Waals surface area (Å²) in [7, 11) is 0. The molecule has 0 saturated heterocycles. The Labute approximate surface area is 125 Å². The molecule has 0 bridgehead atoms. The Morgan fingerprint density at radius 2 is 2.05 bits per heavy atom. The molecule has 0 aromatic carbocycles. The normalized spacial score (nSPS) is 10.7. The summed E-state index contributed by atoms with van der Waals surface area (Å²) in [6, 6.07) is 0. The summed E-state index contributed by atoms with van der Waals surface area (Å²) < 4.78 is 5.33. The minimum Gasteiger partial charge on any atom is -0.473 e. The minimum absolute atomic E-state index is 0.0483. The van der Waals surface area contributed by atoms with E-state index in [9.17, 15) is 10.1 Å². The molecule has 0 saturated carbocycles. The van der Waals surface area contributed by atoms with Crippen LogP contribution >= 0.6 is 0 Å². The fourth-order valence-corrected chi connectivity index (χ4v) is 1.84. The highest BCUT2D eigenvalue weighted by Crippen LogP contribution is 2.32. The number of hydrogen-bond acceptors (Lipinski definition) is 6. The number of rotatable bonds is 9. The van der Waals surface area contributed by atoms with Gasteiger partial charge in [0.2, 0.25) is 5.82 Å². The molecule has 1 rings (SSSR count). The van der Waals surface area contributed by atoms with Crippen molar-refractivity contribution in [2.45, 2.75) is 47.0 Å². The molecule has 0 radical (unpaired) electrons. The lowest BCUT2D eigenvalue weighted by Crippen LogP contribution is -2.12. The second-order valence-electron chi connectivity index (χ2n) is 5.21. The highest BCUT2D eigenvalue weighted by Gasteiger charge is 2.26. The first-order valence-electron chi connectivity index (χ1n) is 7.41. The third kappa shape index (κ3) is 5.17. The van der Waals surface area contributed by atoms with Crippen molar-refractivity contribution in [3.8, 4) is 5.88 Å². The van der Waals surface area contributed by atoms with Crippen LogP contribution in [0.15, 0.2) is 0 Å². The summed E-state index contributed by atoms with van der Waals surface area (Å²) in [6.07, 6.45) is 2.58. The molecule has 0 aliphatic carbocycles. The molecule has 21 heavy (non-hydrogen) atoms. The quantitative estimate of drug-likeness (QED) is 0.427. The molecule has 118 valence electrons. The number of ether oxygens (including phenoxy) is 1. The summed E-state index contributed by atoms with van der Waals surface area (Å²) in [5, 5.41) is 14.3. The first kappa shape index (κ1) is 17.1. The molecule has 1 heterocycles. The summed E-state index contributed by atoms with van der Waals surface area (Å²) in [5.41, 5.74) is -0.180. The van der Waals surface area contributed by atoms with Crippen LogP contribution in [0.4, 0.5) is 11.5 Å². The molecule has 1 aromatic heterocycles. The van der Waals surface area contributed by atoms with Crippen molar-refractivity contribution in [3.05, 3.63) is 15.9 Å². The molecule has 0 fully saturated rings. The number of nitro groups is 1. The largest absolute Gasteiger partial charge is 0.473 e. The van der Waals surface area contributed by atoms with E-state index in [0.29, 0.717) is 31.3 Å². The zero-order valence-electron chi connectivity index (χ0n) is 13.2. The average molecular weight is 296 g/mol. The number of anilines is 1. The van der Waals surface area contributed by atoms with Crippen LogP contribution in [0.2, 0.25) is 0 Å². The number of hydrogen-bond donors (Lipinski definition) is 1. The minimum atomic E-state index is -0.488. The SMILES string of the molecule is CCCCNc1nc(CC(C)C)nc(OCC)c1[N+](=O)[O-]. The summed E-state index contributed by atoms with van der Waals surface area (Å²) >= 11 is 0. The topological polar surface area (TPSA) is 90.2 Å². The van der Waals surface area contributed by atoms with Crippen molar-refractivity contribution in [1.82, 2.24) is 9.97 Å². The molecule has 1 N–H and O–H groups in total. The molecule has 1 aromatic rings. The van der Waals surface area contributed by atoms with E-state index in [1.54, 1.807) is 6.92 Å². The fourth-order valence-electron chi connectivity index (χ4n) is 1.84. The predicted molar refractivity (Wildman–Crippen MR) is 81.8 cm³/mol.